The molecule has 0 saturated heterocycles. The highest BCUT2D eigenvalue weighted by atomic mass is 16.5. The average molecular weight is 173 g/mol. The molecule has 0 atom stereocenters. The highest BCUT2D eigenvalue weighted by molar-refractivity contribution is 5.60. The Hall–Kier alpha value is -1.70. The molecule has 0 fully saturated rings. The number of benzene rings is 1. The Morgan fingerprint density at radius 1 is 1.08 bits per heavy atom. The Kier molecular flexibility index (Phi) is 2.04. The average Bonchev–Trinajstić information content (AvgIpc) is 2.71. The molecular weight excluding hydrogens is 162 g/mol. The van der Waals surface area contributed by atoms with Crippen LogP contribution in [0.4, 0.5) is 0 Å². The smallest absolute Gasteiger partial charge is 0.118 e. The van der Waals surface area contributed by atoms with Gasteiger partial charge in [-0.3, -0.25) is 0 Å². The summed E-state index contributed by atoms with van der Waals surface area (Å²) in [6.45, 7) is 0. The Morgan fingerprint density at radius 3 is 2.38 bits per heavy atom. The van der Waals surface area contributed by atoms with Crippen LogP contribution >= 0.6 is 0 Å². The molecule has 1 aromatic heterocycles. The van der Waals surface area contributed by atoms with Crippen molar-refractivity contribution < 1.29 is 4.74 Å². The maximum Gasteiger partial charge on any atom is 0.118 e. The minimum atomic E-state index is 0.885. The molecule has 1 heterocycles. The molecule has 0 bridgehead atoms. The number of aromatic nitrogens is 1. The Balaban J connectivity index is 2.33. The molecule has 0 amide bonds. The Bertz CT molecular complexity index is 361. The number of hydrogen-bond donors (Lipinski definition) is 1. The summed E-state index contributed by atoms with van der Waals surface area (Å²) in [5, 5.41) is 0. The van der Waals surface area contributed by atoms with Crippen LogP contribution in [0.15, 0.2) is 42.6 Å². The number of methoxy groups -OCH3 is 1. The van der Waals surface area contributed by atoms with Crippen LogP contribution in [0, 0.1) is 0 Å². The molecule has 2 aromatic rings. The molecule has 0 saturated carbocycles. The SMILES string of the molecule is COc1ccc(-c2ccc[nH]2)cc1. The molecular formula is C11H11NO. The normalized spacial score (nSPS) is 9.92. The van der Waals surface area contributed by atoms with Crippen LogP contribution in [0.25, 0.3) is 11.3 Å². The molecule has 0 radical (unpaired) electrons. The molecule has 2 heteroatoms. The van der Waals surface area contributed by atoms with E-state index < -0.39 is 0 Å². The molecule has 13 heavy (non-hydrogen) atoms. The van der Waals surface area contributed by atoms with Gasteiger partial charge in [-0.25, -0.2) is 0 Å². The van der Waals surface area contributed by atoms with Crippen molar-refractivity contribution in [1.29, 1.82) is 0 Å². The maximum atomic E-state index is 5.08. The lowest BCUT2D eigenvalue weighted by atomic mass is 10.1. The first-order valence-corrected chi connectivity index (χ1v) is 4.18. The van der Waals surface area contributed by atoms with E-state index in [1.807, 2.05) is 42.6 Å². The zero-order valence-electron chi connectivity index (χ0n) is 7.45. The van der Waals surface area contributed by atoms with Gasteiger partial charge in [0.05, 0.1) is 7.11 Å². The second-order valence-electron chi connectivity index (χ2n) is 2.81. The van der Waals surface area contributed by atoms with Gasteiger partial charge in [-0.1, -0.05) is 0 Å². The van der Waals surface area contributed by atoms with E-state index >= 15 is 0 Å². The highest BCUT2D eigenvalue weighted by Gasteiger charge is 1.96. The summed E-state index contributed by atoms with van der Waals surface area (Å²) < 4.78 is 5.08. The van der Waals surface area contributed by atoms with Gasteiger partial charge in [-0.2, -0.15) is 0 Å². The molecule has 0 unspecified atom stereocenters. The summed E-state index contributed by atoms with van der Waals surface area (Å²) >= 11 is 0. The second-order valence-corrected chi connectivity index (χ2v) is 2.81. The van der Waals surface area contributed by atoms with Crippen molar-refractivity contribution in [2.24, 2.45) is 0 Å². The van der Waals surface area contributed by atoms with Gasteiger partial charge in [-0.05, 0) is 42.0 Å². The number of rotatable bonds is 2. The van der Waals surface area contributed by atoms with Gasteiger partial charge in [0.1, 0.15) is 5.75 Å². The third-order valence-corrected chi connectivity index (χ3v) is 2.00. The zero-order valence-corrected chi connectivity index (χ0v) is 7.45. The lowest BCUT2D eigenvalue weighted by Gasteiger charge is -2.00. The van der Waals surface area contributed by atoms with Gasteiger partial charge in [0.2, 0.25) is 0 Å². The quantitative estimate of drug-likeness (QED) is 0.742. The van der Waals surface area contributed by atoms with Crippen LogP contribution in [0.3, 0.4) is 0 Å². The first-order valence-electron chi connectivity index (χ1n) is 4.18. The predicted molar refractivity (Wildman–Crippen MR) is 52.8 cm³/mol. The van der Waals surface area contributed by atoms with Crippen molar-refractivity contribution in [2.75, 3.05) is 7.11 Å². The maximum absolute atomic E-state index is 5.08. The van der Waals surface area contributed by atoms with Gasteiger partial charge < -0.3 is 9.72 Å². The van der Waals surface area contributed by atoms with Crippen molar-refractivity contribution in [3.8, 4) is 17.0 Å². The fraction of sp³-hybridized carbons (Fsp3) is 0.0909. The molecule has 0 aliphatic heterocycles. The van der Waals surface area contributed by atoms with E-state index in [9.17, 15) is 0 Å². The van der Waals surface area contributed by atoms with Crippen LogP contribution in [-0.4, -0.2) is 12.1 Å². The second kappa shape index (κ2) is 3.35. The fourth-order valence-corrected chi connectivity index (χ4v) is 1.28. The summed E-state index contributed by atoms with van der Waals surface area (Å²) in [5.41, 5.74) is 2.30. The van der Waals surface area contributed by atoms with E-state index in [1.165, 1.54) is 5.56 Å². The van der Waals surface area contributed by atoms with E-state index in [2.05, 4.69) is 4.98 Å². The molecule has 2 nitrogen and oxygen atoms in total. The first-order chi connectivity index (χ1) is 6.40. The largest absolute Gasteiger partial charge is 0.497 e. The van der Waals surface area contributed by atoms with E-state index in [-0.39, 0.29) is 0 Å². The molecule has 1 aromatic carbocycles. The van der Waals surface area contributed by atoms with Crippen molar-refractivity contribution in [2.45, 2.75) is 0 Å². The van der Waals surface area contributed by atoms with Crippen molar-refractivity contribution >= 4 is 0 Å². The number of ether oxygens (including phenoxy) is 1. The van der Waals surface area contributed by atoms with E-state index in [0.717, 1.165) is 11.4 Å². The van der Waals surface area contributed by atoms with Crippen molar-refractivity contribution in [3.63, 3.8) is 0 Å². The van der Waals surface area contributed by atoms with Gasteiger partial charge in [0, 0.05) is 11.9 Å². The number of H-pyrrole nitrogens is 1. The molecule has 2 rings (SSSR count). The summed E-state index contributed by atoms with van der Waals surface area (Å²) in [5.74, 6) is 0.885. The lowest BCUT2D eigenvalue weighted by Crippen LogP contribution is -1.82. The summed E-state index contributed by atoms with van der Waals surface area (Å²) in [6.07, 6.45) is 1.92. The van der Waals surface area contributed by atoms with Gasteiger partial charge in [0.25, 0.3) is 0 Å². The zero-order chi connectivity index (χ0) is 9.10. The molecule has 0 aliphatic carbocycles. The molecule has 0 aliphatic rings. The van der Waals surface area contributed by atoms with Crippen LogP contribution in [0.1, 0.15) is 0 Å². The fourth-order valence-electron chi connectivity index (χ4n) is 1.28. The van der Waals surface area contributed by atoms with E-state index in [1.54, 1.807) is 7.11 Å². The van der Waals surface area contributed by atoms with Crippen LogP contribution in [0.5, 0.6) is 5.75 Å². The molecule has 1 N–H and O–H groups in total. The monoisotopic (exact) mass is 173 g/mol. The van der Waals surface area contributed by atoms with Crippen LogP contribution < -0.4 is 4.74 Å². The van der Waals surface area contributed by atoms with Crippen LogP contribution in [0.2, 0.25) is 0 Å². The van der Waals surface area contributed by atoms with Gasteiger partial charge in [-0.15, -0.1) is 0 Å². The minimum absolute atomic E-state index is 0.885. The number of nitrogens with one attached hydrogen (secondary N) is 1. The van der Waals surface area contributed by atoms with Gasteiger partial charge >= 0.3 is 0 Å². The van der Waals surface area contributed by atoms with Gasteiger partial charge in [0.15, 0.2) is 0 Å². The standard InChI is InChI=1S/C11H11NO/c1-13-10-6-4-9(5-7-10)11-3-2-8-12-11/h2-8,12H,1H3. The summed E-state index contributed by atoms with van der Waals surface area (Å²) in [7, 11) is 1.67. The van der Waals surface area contributed by atoms with Crippen molar-refractivity contribution in [3.05, 3.63) is 42.6 Å². The first kappa shape index (κ1) is 7.92. The topological polar surface area (TPSA) is 25.0 Å². The number of hydrogen-bond acceptors (Lipinski definition) is 1. The number of aromatic amines is 1. The Morgan fingerprint density at radius 2 is 1.85 bits per heavy atom. The third-order valence-electron chi connectivity index (χ3n) is 2.00. The van der Waals surface area contributed by atoms with E-state index in [0.29, 0.717) is 0 Å². The Labute approximate surface area is 77.2 Å². The highest BCUT2D eigenvalue weighted by Crippen LogP contribution is 2.20. The lowest BCUT2D eigenvalue weighted by molar-refractivity contribution is 0.415. The summed E-state index contributed by atoms with van der Waals surface area (Å²) in [4.78, 5) is 3.15. The third kappa shape index (κ3) is 1.56. The summed E-state index contributed by atoms with van der Waals surface area (Å²) in [6, 6.07) is 12.0. The van der Waals surface area contributed by atoms with E-state index in [4.69, 9.17) is 4.74 Å². The van der Waals surface area contributed by atoms with Crippen molar-refractivity contribution in [1.82, 2.24) is 4.98 Å². The predicted octanol–water partition coefficient (Wildman–Crippen LogP) is 2.69. The van der Waals surface area contributed by atoms with Crippen LogP contribution in [-0.2, 0) is 0 Å². The molecule has 0 spiro atoms. The minimum Gasteiger partial charge on any atom is -0.497 e. The molecule has 66 valence electrons.